The van der Waals surface area contributed by atoms with Crippen molar-refractivity contribution in [2.45, 2.75) is 32.4 Å². The lowest BCUT2D eigenvalue weighted by Crippen LogP contribution is -2.49. The molecule has 1 atom stereocenters. The maximum Gasteiger partial charge on any atom is 0.225 e. The average Bonchev–Trinajstić information content (AvgIpc) is 2.28. The number of anilines is 1. The van der Waals surface area contributed by atoms with Gasteiger partial charge in [0.15, 0.2) is 0 Å². The summed E-state index contributed by atoms with van der Waals surface area (Å²) in [5.41, 5.74) is -0.139. The lowest BCUT2D eigenvalue weighted by atomic mass is 10.0. The smallest absolute Gasteiger partial charge is 0.225 e. The van der Waals surface area contributed by atoms with Gasteiger partial charge in [0.25, 0.3) is 0 Å². The molecule has 2 rings (SSSR count). The van der Waals surface area contributed by atoms with Crippen molar-refractivity contribution in [2.75, 3.05) is 24.5 Å². The molecule has 0 bridgehead atoms. The van der Waals surface area contributed by atoms with E-state index in [2.05, 4.69) is 27.1 Å². The number of rotatable bonds is 2. The van der Waals surface area contributed by atoms with Gasteiger partial charge in [-0.1, -0.05) is 0 Å². The van der Waals surface area contributed by atoms with E-state index in [1.165, 1.54) is 0 Å². The largest absolute Gasteiger partial charge is 0.386 e. The van der Waals surface area contributed by atoms with E-state index in [0.717, 1.165) is 31.1 Å². The first-order valence-electron chi connectivity index (χ1n) is 6.00. The summed E-state index contributed by atoms with van der Waals surface area (Å²) < 4.78 is 0. The van der Waals surface area contributed by atoms with Crippen molar-refractivity contribution in [1.82, 2.24) is 15.3 Å². The summed E-state index contributed by atoms with van der Waals surface area (Å²) in [7, 11) is 0. The molecule has 94 valence electrons. The van der Waals surface area contributed by atoms with Gasteiger partial charge in [0.2, 0.25) is 5.95 Å². The number of hydrogen-bond donors (Lipinski definition) is 2. The van der Waals surface area contributed by atoms with E-state index in [-0.39, 0.29) is 0 Å². The second-order valence-corrected chi connectivity index (χ2v) is 5.13. The van der Waals surface area contributed by atoms with Crippen molar-refractivity contribution in [3.63, 3.8) is 0 Å². The molecule has 0 unspecified atom stereocenters. The summed E-state index contributed by atoms with van der Waals surface area (Å²) in [5.74, 6) is 0.742. The average molecular weight is 236 g/mol. The zero-order valence-electron chi connectivity index (χ0n) is 10.6. The fourth-order valence-corrected chi connectivity index (χ4v) is 1.91. The molecule has 5 nitrogen and oxygen atoms in total. The van der Waals surface area contributed by atoms with Crippen LogP contribution < -0.4 is 10.2 Å². The second kappa shape index (κ2) is 4.58. The van der Waals surface area contributed by atoms with E-state index in [0.29, 0.717) is 6.04 Å². The maximum atomic E-state index is 9.83. The van der Waals surface area contributed by atoms with Crippen LogP contribution in [-0.4, -0.2) is 40.8 Å². The standard InChI is InChI=1S/C12H20N4O/c1-9-8-16(5-4-13-9)11-14-6-10(7-15-11)12(2,3)17/h6-7,9,13,17H,4-5,8H2,1-3H3/t9-/m1/s1. The Labute approximate surface area is 102 Å². The first-order valence-corrected chi connectivity index (χ1v) is 6.00. The number of nitrogens with zero attached hydrogens (tertiary/aromatic N) is 3. The molecule has 5 heteroatoms. The minimum Gasteiger partial charge on any atom is -0.386 e. The van der Waals surface area contributed by atoms with Crippen LogP contribution in [0, 0.1) is 0 Å². The minimum atomic E-state index is -0.880. The van der Waals surface area contributed by atoms with Gasteiger partial charge >= 0.3 is 0 Å². The Hall–Kier alpha value is -1.20. The predicted molar refractivity (Wildman–Crippen MR) is 67.0 cm³/mol. The topological polar surface area (TPSA) is 61.3 Å². The van der Waals surface area contributed by atoms with Crippen LogP contribution in [0.5, 0.6) is 0 Å². The lowest BCUT2D eigenvalue weighted by molar-refractivity contribution is 0.0778. The second-order valence-electron chi connectivity index (χ2n) is 5.13. The molecule has 0 spiro atoms. The quantitative estimate of drug-likeness (QED) is 0.783. The summed E-state index contributed by atoms with van der Waals surface area (Å²) >= 11 is 0. The Kier molecular flexibility index (Phi) is 3.31. The third-order valence-electron chi connectivity index (χ3n) is 3.00. The van der Waals surface area contributed by atoms with Gasteiger partial charge in [-0.3, -0.25) is 0 Å². The highest BCUT2D eigenvalue weighted by Crippen LogP contribution is 2.19. The Morgan fingerprint density at radius 3 is 2.59 bits per heavy atom. The van der Waals surface area contributed by atoms with Gasteiger partial charge < -0.3 is 15.3 Å². The Morgan fingerprint density at radius 2 is 2.06 bits per heavy atom. The van der Waals surface area contributed by atoms with E-state index in [1.54, 1.807) is 26.2 Å². The first-order chi connectivity index (χ1) is 7.97. The number of aromatic nitrogens is 2. The van der Waals surface area contributed by atoms with Gasteiger partial charge in [-0.15, -0.1) is 0 Å². The highest BCUT2D eigenvalue weighted by Gasteiger charge is 2.20. The van der Waals surface area contributed by atoms with E-state index in [4.69, 9.17) is 0 Å². The fourth-order valence-electron chi connectivity index (χ4n) is 1.91. The van der Waals surface area contributed by atoms with Crippen molar-refractivity contribution in [2.24, 2.45) is 0 Å². The molecule has 1 saturated heterocycles. The molecule has 0 amide bonds. The number of aliphatic hydroxyl groups is 1. The van der Waals surface area contributed by atoms with Crippen LogP contribution in [0.1, 0.15) is 26.3 Å². The van der Waals surface area contributed by atoms with Crippen LogP contribution in [0.2, 0.25) is 0 Å². The van der Waals surface area contributed by atoms with Crippen molar-refractivity contribution in [3.8, 4) is 0 Å². The molecular formula is C12H20N4O. The summed E-state index contributed by atoms with van der Waals surface area (Å²) in [6.45, 7) is 8.42. The molecule has 1 aromatic rings. The van der Waals surface area contributed by atoms with E-state index < -0.39 is 5.60 Å². The van der Waals surface area contributed by atoms with Crippen LogP contribution in [0.4, 0.5) is 5.95 Å². The van der Waals surface area contributed by atoms with Gasteiger partial charge in [-0.2, -0.15) is 0 Å². The predicted octanol–water partition coefficient (Wildman–Crippen LogP) is 0.502. The molecule has 1 fully saturated rings. The summed E-state index contributed by atoms with van der Waals surface area (Å²) in [5, 5.41) is 13.2. The fraction of sp³-hybridized carbons (Fsp3) is 0.667. The minimum absolute atomic E-state index is 0.460. The summed E-state index contributed by atoms with van der Waals surface area (Å²) in [6.07, 6.45) is 3.41. The van der Waals surface area contributed by atoms with Gasteiger partial charge in [0.05, 0.1) is 5.60 Å². The molecule has 0 radical (unpaired) electrons. The van der Waals surface area contributed by atoms with Crippen LogP contribution in [-0.2, 0) is 5.60 Å². The monoisotopic (exact) mass is 236 g/mol. The molecule has 0 aromatic carbocycles. The molecule has 17 heavy (non-hydrogen) atoms. The van der Waals surface area contributed by atoms with Gasteiger partial charge in [0, 0.05) is 43.6 Å². The van der Waals surface area contributed by atoms with Crippen LogP contribution >= 0.6 is 0 Å². The molecule has 0 saturated carbocycles. The van der Waals surface area contributed by atoms with Crippen molar-refractivity contribution in [1.29, 1.82) is 0 Å². The van der Waals surface area contributed by atoms with Crippen LogP contribution in [0.3, 0.4) is 0 Å². The van der Waals surface area contributed by atoms with E-state index >= 15 is 0 Å². The van der Waals surface area contributed by atoms with E-state index in [1.807, 2.05) is 0 Å². The molecular weight excluding hydrogens is 216 g/mol. The third kappa shape index (κ3) is 2.92. The normalized spacial score (nSPS) is 21.6. The Morgan fingerprint density at radius 1 is 1.41 bits per heavy atom. The molecule has 2 heterocycles. The molecule has 1 aromatic heterocycles. The highest BCUT2D eigenvalue weighted by atomic mass is 16.3. The van der Waals surface area contributed by atoms with Gasteiger partial charge in [0.1, 0.15) is 0 Å². The van der Waals surface area contributed by atoms with Crippen molar-refractivity contribution >= 4 is 5.95 Å². The number of hydrogen-bond acceptors (Lipinski definition) is 5. The zero-order valence-corrected chi connectivity index (χ0v) is 10.6. The first kappa shape index (κ1) is 12.3. The number of piperazine rings is 1. The Bertz CT molecular complexity index is 371. The summed E-state index contributed by atoms with van der Waals surface area (Å²) in [6, 6.07) is 0.460. The van der Waals surface area contributed by atoms with Crippen LogP contribution in [0.15, 0.2) is 12.4 Å². The molecule has 2 N–H and O–H groups in total. The zero-order chi connectivity index (χ0) is 12.5. The lowest BCUT2D eigenvalue weighted by Gasteiger charge is -2.32. The summed E-state index contributed by atoms with van der Waals surface area (Å²) in [4.78, 5) is 10.8. The van der Waals surface area contributed by atoms with Crippen LogP contribution in [0.25, 0.3) is 0 Å². The van der Waals surface area contributed by atoms with Gasteiger partial charge in [-0.25, -0.2) is 9.97 Å². The van der Waals surface area contributed by atoms with Crippen molar-refractivity contribution in [3.05, 3.63) is 18.0 Å². The maximum absolute atomic E-state index is 9.83. The van der Waals surface area contributed by atoms with Gasteiger partial charge in [-0.05, 0) is 20.8 Å². The highest BCUT2D eigenvalue weighted by molar-refractivity contribution is 5.32. The molecule has 1 aliphatic rings. The van der Waals surface area contributed by atoms with E-state index in [9.17, 15) is 5.11 Å². The third-order valence-corrected chi connectivity index (χ3v) is 3.00. The SMILES string of the molecule is C[C@@H]1CN(c2ncc(C(C)(C)O)cn2)CCN1. The van der Waals surface area contributed by atoms with Crippen molar-refractivity contribution < 1.29 is 5.11 Å². The Balaban J connectivity index is 2.12. The molecule has 0 aliphatic carbocycles. The number of nitrogens with one attached hydrogen (secondary N) is 1. The molecule has 1 aliphatic heterocycles.